The average Bonchev–Trinajstić information content (AvgIpc) is 2.88. The number of rotatable bonds is 4. The number of anilines is 2. The molecule has 2 aliphatic heterocycles. The molecule has 27 heavy (non-hydrogen) atoms. The second kappa shape index (κ2) is 6.42. The van der Waals surface area contributed by atoms with Crippen LogP contribution >= 0.6 is 11.6 Å². The van der Waals surface area contributed by atoms with Crippen molar-refractivity contribution < 1.29 is 17.9 Å². The molecular weight excluding hydrogens is 388 g/mol. The summed E-state index contributed by atoms with van der Waals surface area (Å²) in [7, 11) is -2.32. The second-order valence-corrected chi connectivity index (χ2v) is 8.88. The van der Waals surface area contributed by atoms with Crippen LogP contribution in [0.3, 0.4) is 0 Å². The lowest BCUT2D eigenvalue weighted by Crippen LogP contribution is -2.32. The third-order valence-corrected chi connectivity index (χ3v) is 6.76. The number of hydrogen-bond acceptors (Lipinski definition) is 4. The van der Waals surface area contributed by atoms with Gasteiger partial charge in [0.15, 0.2) is 0 Å². The molecule has 1 atom stereocenters. The maximum Gasteiger partial charge on any atom is 0.261 e. The molecule has 6 nitrogen and oxygen atoms in total. The number of benzene rings is 2. The molecule has 8 heteroatoms. The van der Waals surface area contributed by atoms with Gasteiger partial charge in [-0.1, -0.05) is 11.6 Å². The largest absolute Gasteiger partial charge is 0.495 e. The molecule has 0 aliphatic carbocycles. The highest BCUT2D eigenvalue weighted by Gasteiger charge is 2.38. The monoisotopic (exact) mass is 406 g/mol. The molecule has 1 amide bonds. The number of carbonyl (C=O) groups is 1. The van der Waals surface area contributed by atoms with Crippen molar-refractivity contribution in [2.75, 3.05) is 23.3 Å². The molecule has 0 aromatic heterocycles. The number of nitrogens with zero attached hydrogens (tertiary/aromatic N) is 1. The minimum atomic E-state index is -3.82. The van der Waals surface area contributed by atoms with Crippen molar-refractivity contribution in [2.45, 2.75) is 30.6 Å². The van der Waals surface area contributed by atoms with Crippen molar-refractivity contribution in [2.24, 2.45) is 0 Å². The molecule has 0 fully saturated rings. The molecule has 0 unspecified atom stereocenters. The molecule has 2 heterocycles. The number of hydrogen-bond donors (Lipinski definition) is 1. The van der Waals surface area contributed by atoms with Crippen LogP contribution in [-0.4, -0.2) is 28.0 Å². The van der Waals surface area contributed by atoms with Crippen LogP contribution in [0.15, 0.2) is 35.2 Å². The van der Waals surface area contributed by atoms with E-state index in [0.29, 0.717) is 23.0 Å². The third kappa shape index (κ3) is 2.95. The van der Waals surface area contributed by atoms with Gasteiger partial charge in [0.2, 0.25) is 5.91 Å². The molecule has 0 spiro atoms. The summed E-state index contributed by atoms with van der Waals surface area (Å²) < 4.78 is 33.5. The molecule has 142 valence electrons. The lowest BCUT2D eigenvalue weighted by atomic mass is 9.97. The zero-order valence-electron chi connectivity index (χ0n) is 15.0. The summed E-state index contributed by atoms with van der Waals surface area (Å²) in [4.78, 5) is 14.4. The summed E-state index contributed by atoms with van der Waals surface area (Å²) in [5.41, 5.74) is 2.93. The molecule has 0 saturated heterocycles. The minimum absolute atomic E-state index is 0.0374. The van der Waals surface area contributed by atoms with E-state index in [1.165, 1.54) is 13.2 Å². The average molecular weight is 407 g/mol. The fraction of sp³-hybridized carbons (Fsp3) is 0.316. The molecule has 2 aromatic carbocycles. The second-order valence-electron chi connectivity index (χ2n) is 6.79. The van der Waals surface area contributed by atoms with Crippen LogP contribution in [-0.2, 0) is 21.2 Å². The van der Waals surface area contributed by atoms with Gasteiger partial charge in [-0.25, -0.2) is 8.42 Å². The quantitative estimate of drug-likeness (QED) is 0.842. The Bertz CT molecular complexity index is 1050. The Labute approximate surface area is 163 Å². The molecule has 1 N–H and O–H groups in total. The number of aryl methyl sites for hydroxylation is 1. The first-order valence-electron chi connectivity index (χ1n) is 8.66. The van der Waals surface area contributed by atoms with E-state index in [0.717, 1.165) is 29.7 Å². The lowest BCUT2D eigenvalue weighted by molar-refractivity contribution is -0.119. The van der Waals surface area contributed by atoms with Gasteiger partial charge in [-0.2, -0.15) is 0 Å². The summed E-state index contributed by atoms with van der Waals surface area (Å²) >= 11 is 6.08. The summed E-state index contributed by atoms with van der Waals surface area (Å²) in [6.07, 6.45) is 1.59. The Morgan fingerprint density at radius 1 is 1.26 bits per heavy atom. The third-order valence-electron chi connectivity index (χ3n) is 5.11. The molecule has 2 aliphatic rings. The first-order valence-corrected chi connectivity index (χ1v) is 10.5. The van der Waals surface area contributed by atoms with Gasteiger partial charge in [0.1, 0.15) is 5.75 Å². The van der Waals surface area contributed by atoms with Gasteiger partial charge < -0.3 is 9.64 Å². The zero-order valence-corrected chi connectivity index (χ0v) is 16.5. The van der Waals surface area contributed by atoms with Gasteiger partial charge in [0.25, 0.3) is 10.0 Å². The van der Waals surface area contributed by atoms with Gasteiger partial charge in [-0.15, -0.1) is 0 Å². The number of amides is 1. The fourth-order valence-electron chi connectivity index (χ4n) is 3.76. The molecule has 0 saturated carbocycles. The number of sulfonamides is 1. The highest BCUT2D eigenvalue weighted by Crippen LogP contribution is 2.44. The summed E-state index contributed by atoms with van der Waals surface area (Å²) in [5, 5.41) is 0.316. The zero-order chi connectivity index (χ0) is 19.3. The summed E-state index contributed by atoms with van der Waals surface area (Å²) in [5.74, 6) is 0.173. The Hall–Kier alpha value is -2.25. The van der Waals surface area contributed by atoms with Crippen LogP contribution in [0.5, 0.6) is 5.75 Å². The van der Waals surface area contributed by atoms with E-state index in [1.807, 2.05) is 6.92 Å². The van der Waals surface area contributed by atoms with Gasteiger partial charge in [-0.05, 0) is 61.2 Å². The van der Waals surface area contributed by atoms with Gasteiger partial charge in [0.05, 0.1) is 34.3 Å². The van der Waals surface area contributed by atoms with Crippen molar-refractivity contribution in [3.8, 4) is 5.75 Å². The number of carbonyl (C=O) groups excluding carboxylic acids is 1. The first kappa shape index (κ1) is 18.1. The first-order chi connectivity index (χ1) is 12.8. The highest BCUT2D eigenvalue weighted by atomic mass is 35.5. The smallest absolute Gasteiger partial charge is 0.261 e. The SMILES string of the molecule is COc1ccc(NS(=O)(=O)c2cc3c4c(c2)[C@H](C)C(=O)N4CCC3)cc1Cl. The molecule has 2 aromatic rings. The van der Waals surface area contributed by atoms with Gasteiger partial charge in [-0.3, -0.25) is 9.52 Å². The van der Waals surface area contributed by atoms with Crippen molar-refractivity contribution in [1.29, 1.82) is 0 Å². The molecular formula is C19H19ClN2O4S. The van der Waals surface area contributed by atoms with E-state index >= 15 is 0 Å². The van der Waals surface area contributed by atoms with Crippen molar-refractivity contribution in [3.63, 3.8) is 0 Å². The topological polar surface area (TPSA) is 75.7 Å². The van der Waals surface area contributed by atoms with Gasteiger partial charge in [0, 0.05) is 6.54 Å². The lowest BCUT2D eigenvalue weighted by Gasteiger charge is -2.26. The van der Waals surface area contributed by atoms with E-state index in [1.54, 1.807) is 29.2 Å². The maximum absolute atomic E-state index is 12.9. The summed E-state index contributed by atoms with van der Waals surface area (Å²) in [6.45, 7) is 2.52. The van der Waals surface area contributed by atoms with Crippen LogP contribution in [0.25, 0.3) is 0 Å². The number of halogens is 1. The van der Waals surface area contributed by atoms with Crippen molar-refractivity contribution in [3.05, 3.63) is 46.5 Å². The number of nitrogens with one attached hydrogen (secondary N) is 1. The minimum Gasteiger partial charge on any atom is -0.495 e. The Balaban J connectivity index is 1.73. The van der Waals surface area contributed by atoms with E-state index in [9.17, 15) is 13.2 Å². The van der Waals surface area contributed by atoms with Crippen LogP contribution in [0.4, 0.5) is 11.4 Å². The molecule has 4 rings (SSSR count). The van der Waals surface area contributed by atoms with Crippen LogP contribution < -0.4 is 14.4 Å². The van der Waals surface area contributed by atoms with Gasteiger partial charge >= 0.3 is 0 Å². The standard InChI is InChI=1S/C19H19ClN2O4S/c1-11-15-10-14(8-12-4-3-7-22(18(12)15)19(11)23)27(24,25)21-13-5-6-17(26-2)16(20)9-13/h5-6,8-11,21H,3-4,7H2,1-2H3/t11-/m0/s1. The predicted molar refractivity (Wildman–Crippen MR) is 104 cm³/mol. The summed E-state index contributed by atoms with van der Waals surface area (Å²) in [6, 6.07) is 7.98. The number of methoxy groups -OCH3 is 1. The molecule has 0 radical (unpaired) electrons. The van der Waals surface area contributed by atoms with Crippen LogP contribution in [0.2, 0.25) is 5.02 Å². The normalized spacial score (nSPS) is 18.4. The van der Waals surface area contributed by atoms with Crippen molar-refractivity contribution >= 4 is 38.9 Å². The van der Waals surface area contributed by atoms with E-state index in [2.05, 4.69) is 4.72 Å². The van der Waals surface area contributed by atoms with Crippen LogP contribution in [0, 0.1) is 0 Å². The fourth-order valence-corrected chi connectivity index (χ4v) is 5.16. The van der Waals surface area contributed by atoms with E-state index in [-0.39, 0.29) is 16.7 Å². The van der Waals surface area contributed by atoms with Crippen LogP contribution in [0.1, 0.15) is 30.4 Å². The number of ether oxygens (including phenoxy) is 1. The van der Waals surface area contributed by atoms with E-state index < -0.39 is 10.0 Å². The highest BCUT2D eigenvalue weighted by molar-refractivity contribution is 7.92. The Kier molecular flexibility index (Phi) is 4.31. The Morgan fingerprint density at radius 3 is 2.74 bits per heavy atom. The maximum atomic E-state index is 12.9. The predicted octanol–water partition coefficient (Wildman–Crippen LogP) is 3.55. The molecule has 0 bridgehead atoms. The van der Waals surface area contributed by atoms with Crippen molar-refractivity contribution in [1.82, 2.24) is 0 Å². The Morgan fingerprint density at radius 2 is 2.04 bits per heavy atom. The van der Waals surface area contributed by atoms with E-state index in [4.69, 9.17) is 16.3 Å².